The summed E-state index contributed by atoms with van der Waals surface area (Å²) in [4.78, 5) is 26.6. The molecule has 1 aliphatic heterocycles. The highest BCUT2D eigenvalue weighted by Gasteiger charge is 2.28. The standard InChI is InChI=1S/C20H28FN3O2/c1-14-7-8-17(13-18(14)21)22-19(25)15-9-11-24(12-10-15)20(26)23-16-5-3-2-4-6-16/h7-8,13,15-16H,2-6,9-12H2,1H3,(H,22,25)(H,23,26). The Hall–Kier alpha value is -2.11. The number of carbonyl (C=O) groups is 2. The van der Waals surface area contributed by atoms with Crippen molar-refractivity contribution in [3.63, 3.8) is 0 Å². The van der Waals surface area contributed by atoms with E-state index in [0.29, 0.717) is 43.2 Å². The highest BCUT2D eigenvalue weighted by atomic mass is 19.1. The summed E-state index contributed by atoms with van der Waals surface area (Å²) >= 11 is 0. The van der Waals surface area contributed by atoms with Crippen LogP contribution in [0.2, 0.25) is 0 Å². The minimum absolute atomic E-state index is 0.00337. The molecule has 6 heteroatoms. The van der Waals surface area contributed by atoms with E-state index in [4.69, 9.17) is 0 Å². The van der Waals surface area contributed by atoms with E-state index < -0.39 is 0 Å². The Bertz CT molecular complexity index is 650. The lowest BCUT2D eigenvalue weighted by atomic mass is 9.95. The Morgan fingerprint density at radius 2 is 1.77 bits per heavy atom. The molecule has 0 unspecified atom stereocenters. The molecular formula is C20H28FN3O2. The molecule has 1 heterocycles. The SMILES string of the molecule is Cc1ccc(NC(=O)C2CCN(C(=O)NC3CCCCC3)CC2)cc1F. The van der Waals surface area contributed by atoms with Crippen LogP contribution in [0.25, 0.3) is 0 Å². The van der Waals surface area contributed by atoms with Crippen LogP contribution >= 0.6 is 0 Å². The van der Waals surface area contributed by atoms with Crippen LogP contribution in [0.3, 0.4) is 0 Å². The molecule has 0 spiro atoms. The lowest BCUT2D eigenvalue weighted by Crippen LogP contribution is -2.49. The van der Waals surface area contributed by atoms with E-state index in [0.717, 1.165) is 12.8 Å². The average molecular weight is 361 g/mol. The molecule has 1 saturated heterocycles. The number of urea groups is 1. The van der Waals surface area contributed by atoms with Crippen LogP contribution in [0.1, 0.15) is 50.5 Å². The number of anilines is 1. The van der Waals surface area contributed by atoms with E-state index in [2.05, 4.69) is 10.6 Å². The van der Waals surface area contributed by atoms with Gasteiger partial charge in [0.15, 0.2) is 0 Å². The number of carbonyl (C=O) groups excluding carboxylic acids is 2. The van der Waals surface area contributed by atoms with Gasteiger partial charge in [-0.05, 0) is 50.3 Å². The zero-order chi connectivity index (χ0) is 18.5. The number of benzene rings is 1. The van der Waals surface area contributed by atoms with Crippen LogP contribution in [0, 0.1) is 18.7 Å². The summed E-state index contributed by atoms with van der Waals surface area (Å²) in [5, 5.41) is 5.92. The molecule has 0 bridgehead atoms. The second kappa shape index (κ2) is 8.52. The van der Waals surface area contributed by atoms with Crippen molar-refractivity contribution in [3.8, 4) is 0 Å². The maximum absolute atomic E-state index is 13.6. The van der Waals surface area contributed by atoms with E-state index in [1.165, 1.54) is 25.3 Å². The van der Waals surface area contributed by atoms with Gasteiger partial charge in [0.25, 0.3) is 0 Å². The van der Waals surface area contributed by atoms with Crippen molar-refractivity contribution in [1.29, 1.82) is 0 Å². The molecule has 3 rings (SSSR count). The lowest BCUT2D eigenvalue weighted by molar-refractivity contribution is -0.121. The number of amides is 3. The molecule has 1 aromatic carbocycles. The minimum atomic E-state index is -0.322. The summed E-state index contributed by atoms with van der Waals surface area (Å²) in [6, 6.07) is 5.01. The average Bonchev–Trinajstić information content (AvgIpc) is 2.65. The maximum atomic E-state index is 13.6. The number of nitrogens with one attached hydrogen (secondary N) is 2. The molecule has 5 nitrogen and oxygen atoms in total. The quantitative estimate of drug-likeness (QED) is 0.860. The smallest absolute Gasteiger partial charge is 0.317 e. The predicted molar refractivity (Wildman–Crippen MR) is 99.5 cm³/mol. The van der Waals surface area contributed by atoms with E-state index >= 15 is 0 Å². The molecule has 2 fully saturated rings. The van der Waals surface area contributed by atoms with Crippen molar-refractivity contribution < 1.29 is 14.0 Å². The first-order valence-corrected chi connectivity index (χ1v) is 9.65. The minimum Gasteiger partial charge on any atom is -0.335 e. The zero-order valence-corrected chi connectivity index (χ0v) is 15.4. The largest absolute Gasteiger partial charge is 0.335 e. The van der Waals surface area contributed by atoms with Crippen LogP contribution in [-0.4, -0.2) is 36.0 Å². The molecule has 1 aliphatic carbocycles. The first-order chi connectivity index (χ1) is 12.5. The number of halogens is 1. The Morgan fingerprint density at radius 1 is 1.08 bits per heavy atom. The maximum Gasteiger partial charge on any atom is 0.317 e. The van der Waals surface area contributed by atoms with Gasteiger partial charge in [-0.3, -0.25) is 4.79 Å². The second-order valence-corrected chi connectivity index (χ2v) is 7.50. The number of likely N-dealkylation sites (tertiary alicyclic amines) is 1. The number of nitrogens with zero attached hydrogens (tertiary/aromatic N) is 1. The van der Waals surface area contributed by atoms with Crippen LogP contribution in [0.5, 0.6) is 0 Å². The second-order valence-electron chi connectivity index (χ2n) is 7.50. The number of hydrogen-bond donors (Lipinski definition) is 2. The normalized spacial score (nSPS) is 19.2. The molecule has 1 saturated carbocycles. The van der Waals surface area contributed by atoms with Crippen molar-refractivity contribution in [3.05, 3.63) is 29.6 Å². The molecular weight excluding hydrogens is 333 g/mol. The highest BCUT2D eigenvalue weighted by Crippen LogP contribution is 2.22. The van der Waals surface area contributed by atoms with Crippen molar-refractivity contribution in [2.45, 2.75) is 57.9 Å². The third-order valence-electron chi connectivity index (χ3n) is 5.53. The molecule has 2 aliphatic rings. The number of piperidine rings is 1. The van der Waals surface area contributed by atoms with Gasteiger partial charge < -0.3 is 15.5 Å². The van der Waals surface area contributed by atoms with Gasteiger partial charge in [0.1, 0.15) is 5.82 Å². The Kier molecular flexibility index (Phi) is 6.12. The fraction of sp³-hybridized carbons (Fsp3) is 0.600. The van der Waals surface area contributed by atoms with Gasteiger partial charge in [-0.15, -0.1) is 0 Å². The van der Waals surface area contributed by atoms with E-state index in [9.17, 15) is 14.0 Å². The van der Waals surface area contributed by atoms with Gasteiger partial charge in [0, 0.05) is 30.7 Å². The van der Waals surface area contributed by atoms with Crippen LogP contribution in [0.4, 0.5) is 14.9 Å². The van der Waals surface area contributed by atoms with Crippen LogP contribution in [-0.2, 0) is 4.79 Å². The fourth-order valence-corrected chi connectivity index (χ4v) is 3.77. The number of rotatable bonds is 3. The summed E-state index contributed by atoms with van der Waals surface area (Å²) in [6.45, 7) is 2.85. The van der Waals surface area contributed by atoms with Gasteiger partial charge in [0.2, 0.25) is 5.91 Å². The molecule has 0 aromatic heterocycles. The molecule has 0 atom stereocenters. The summed E-state index contributed by atoms with van der Waals surface area (Å²) in [5.41, 5.74) is 1.04. The summed E-state index contributed by atoms with van der Waals surface area (Å²) in [7, 11) is 0. The Labute approximate surface area is 154 Å². The molecule has 26 heavy (non-hydrogen) atoms. The summed E-state index contributed by atoms with van der Waals surface area (Å²) in [6.07, 6.45) is 7.04. The topological polar surface area (TPSA) is 61.4 Å². The van der Waals surface area contributed by atoms with Crippen molar-refractivity contribution in [2.75, 3.05) is 18.4 Å². The van der Waals surface area contributed by atoms with Crippen LogP contribution in [0.15, 0.2) is 18.2 Å². The molecule has 3 amide bonds. The van der Waals surface area contributed by atoms with Crippen molar-refractivity contribution >= 4 is 17.6 Å². The van der Waals surface area contributed by atoms with Crippen LogP contribution < -0.4 is 10.6 Å². The summed E-state index contributed by atoms with van der Waals surface area (Å²) < 4.78 is 13.6. The van der Waals surface area contributed by atoms with Gasteiger partial charge in [-0.2, -0.15) is 0 Å². The number of hydrogen-bond acceptors (Lipinski definition) is 2. The van der Waals surface area contributed by atoms with Gasteiger partial charge >= 0.3 is 6.03 Å². The number of aryl methyl sites for hydroxylation is 1. The molecule has 0 radical (unpaired) electrons. The first-order valence-electron chi connectivity index (χ1n) is 9.65. The lowest BCUT2D eigenvalue weighted by Gasteiger charge is -2.33. The van der Waals surface area contributed by atoms with Crippen molar-refractivity contribution in [2.24, 2.45) is 5.92 Å². The van der Waals surface area contributed by atoms with Gasteiger partial charge in [-0.1, -0.05) is 25.3 Å². The van der Waals surface area contributed by atoms with Gasteiger partial charge in [0.05, 0.1) is 0 Å². The Balaban J connectivity index is 1.45. The monoisotopic (exact) mass is 361 g/mol. The predicted octanol–water partition coefficient (Wildman–Crippen LogP) is 3.83. The summed E-state index contributed by atoms with van der Waals surface area (Å²) in [5.74, 6) is -0.560. The van der Waals surface area contributed by atoms with E-state index in [1.54, 1.807) is 19.1 Å². The Morgan fingerprint density at radius 3 is 2.42 bits per heavy atom. The zero-order valence-electron chi connectivity index (χ0n) is 15.4. The third kappa shape index (κ3) is 4.74. The van der Waals surface area contributed by atoms with E-state index in [1.807, 2.05) is 4.90 Å². The highest BCUT2D eigenvalue weighted by molar-refractivity contribution is 5.92. The van der Waals surface area contributed by atoms with Crippen molar-refractivity contribution in [1.82, 2.24) is 10.2 Å². The van der Waals surface area contributed by atoms with Gasteiger partial charge in [-0.25, -0.2) is 9.18 Å². The molecule has 2 N–H and O–H groups in total. The molecule has 142 valence electrons. The van der Waals surface area contributed by atoms with E-state index in [-0.39, 0.29) is 23.7 Å². The third-order valence-corrected chi connectivity index (χ3v) is 5.53. The first kappa shape index (κ1) is 18.7. The fourth-order valence-electron chi connectivity index (χ4n) is 3.77. The molecule has 1 aromatic rings.